The molecule has 4 N–H and O–H groups in total. The number of nitrogens with one attached hydrogen (secondary N) is 1. The second-order valence-electron chi connectivity index (χ2n) is 3.51. The monoisotopic (exact) mass is 209 g/mol. The number of rotatable bonds is 3. The Morgan fingerprint density at radius 2 is 2.27 bits per heavy atom. The molecule has 1 aromatic heterocycles. The molecule has 0 spiro atoms. The summed E-state index contributed by atoms with van der Waals surface area (Å²) in [5.41, 5.74) is 5.58. The first-order valence-electron chi connectivity index (χ1n) is 4.72. The molecule has 0 aromatic carbocycles. The van der Waals surface area contributed by atoms with Gasteiger partial charge in [0.15, 0.2) is 11.6 Å². The molecule has 2 atom stereocenters. The molecule has 0 aliphatic rings. The molecule has 5 nitrogen and oxygen atoms in total. The summed E-state index contributed by atoms with van der Waals surface area (Å²) in [6.07, 6.45) is 1.49. The number of amides is 1. The second kappa shape index (κ2) is 4.75. The average molecular weight is 209 g/mol. The van der Waals surface area contributed by atoms with Gasteiger partial charge in [0.1, 0.15) is 0 Å². The molecular weight excluding hydrogens is 194 g/mol. The number of pyridine rings is 1. The van der Waals surface area contributed by atoms with Crippen molar-refractivity contribution in [3.63, 3.8) is 0 Å². The second-order valence-corrected chi connectivity index (χ2v) is 3.51. The Kier molecular flexibility index (Phi) is 3.62. The zero-order valence-corrected chi connectivity index (χ0v) is 8.77. The molecule has 0 saturated carbocycles. The van der Waals surface area contributed by atoms with Crippen molar-refractivity contribution in [3.8, 4) is 5.75 Å². The zero-order chi connectivity index (χ0) is 11.4. The summed E-state index contributed by atoms with van der Waals surface area (Å²) < 4.78 is 0. The van der Waals surface area contributed by atoms with Gasteiger partial charge in [0.25, 0.3) is 0 Å². The standard InChI is InChI=1S/C10H15N3O2/c1-6(7(2)11)10(15)13-9-8(14)4-3-5-12-9/h3-7,14H,11H2,1-2H3,(H,12,13,15)/t6-,7-/m1/s1. The number of anilines is 1. The van der Waals surface area contributed by atoms with Crippen LogP contribution in [0.1, 0.15) is 13.8 Å². The first-order valence-corrected chi connectivity index (χ1v) is 4.72. The van der Waals surface area contributed by atoms with E-state index < -0.39 is 0 Å². The molecule has 0 aliphatic heterocycles. The number of carbonyl (C=O) groups is 1. The number of aromatic hydroxyl groups is 1. The van der Waals surface area contributed by atoms with Crippen LogP contribution < -0.4 is 11.1 Å². The lowest BCUT2D eigenvalue weighted by atomic mass is 10.0. The van der Waals surface area contributed by atoms with Crippen molar-refractivity contribution in [3.05, 3.63) is 18.3 Å². The van der Waals surface area contributed by atoms with Crippen molar-refractivity contribution in [1.29, 1.82) is 0 Å². The van der Waals surface area contributed by atoms with Crippen molar-refractivity contribution in [2.45, 2.75) is 19.9 Å². The van der Waals surface area contributed by atoms with E-state index >= 15 is 0 Å². The van der Waals surface area contributed by atoms with E-state index in [0.29, 0.717) is 0 Å². The summed E-state index contributed by atoms with van der Waals surface area (Å²) in [6.45, 7) is 3.47. The normalized spacial score (nSPS) is 14.3. The van der Waals surface area contributed by atoms with Gasteiger partial charge in [0, 0.05) is 12.2 Å². The van der Waals surface area contributed by atoms with Crippen LogP contribution in [0.15, 0.2) is 18.3 Å². The van der Waals surface area contributed by atoms with Crippen molar-refractivity contribution >= 4 is 11.7 Å². The van der Waals surface area contributed by atoms with Gasteiger partial charge in [-0.3, -0.25) is 4.79 Å². The minimum absolute atomic E-state index is 0.0530. The lowest BCUT2D eigenvalue weighted by Gasteiger charge is -2.15. The van der Waals surface area contributed by atoms with Crippen molar-refractivity contribution in [2.24, 2.45) is 11.7 Å². The van der Waals surface area contributed by atoms with E-state index in [1.165, 1.54) is 12.3 Å². The predicted molar refractivity (Wildman–Crippen MR) is 57.3 cm³/mol. The Morgan fingerprint density at radius 3 is 2.80 bits per heavy atom. The number of nitrogens with two attached hydrogens (primary N) is 1. The average Bonchev–Trinajstić information content (AvgIpc) is 2.20. The van der Waals surface area contributed by atoms with Gasteiger partial charge in [-0.1, -0.05) is 6.92 Å². The fourth-order valence-electron chi connectivity index (χ4n) is 0.962. The summed E-state index contributed by atoms with van der Waals surface area (Å²) in [4.78, 5) is 15.4. The van der Waals surface area contributed by atoms with Gasteiger partial charge in [-0.05, 0) is 19.1 Å². The maximum absolute atomic E-state index is 11.6. The number of hydrogen-bond acceptors (Lipinski definition) is 4. The van der Waals surface area contributed by atoms with Gasteiger partial charge in [-0.15, -0.1) is 0 Å². The number of nitrogens with zero attached hydrogens (tertiary/aromatic N) is 1. The van der Waals surface area contributed by atoms with E-state index in [4.69, 9.17) is 5.73 Å². The van der Waals surface area contributed by atoms with Gasteiger partial charge in [-0.2, -0.15) is 0 Å². The molecule has 0 radical (unpaired) electrons. The maximum atomic E-state index is 11.6. The van der Waals surface area contributed by atoms with Crippen LogP contribution in [0.5, 0.6) is 5.75 Å². The fraction of sp³-hybridized carbons (Fsp3) is 0.400. The largest absolute Gasteiger partial charge is 0.504 e. The molecule has 1 heterocycles. The maximum Gasteiger partial charge on any atom is 0.230 e. The predicted octanol–water partition coefficient (Wildman–Crippen LogP) is 0.709. The van der Waals surface area contributed by atoms with Crippen LogP contribution in [0.4, 0.5) is 5.82 Å². The summed E-state index contributed by atoms with van der Waals surface area (Å²) in [5, 5.41) is 11.9. The molecule has 0 fully saturated rings. The molecule has 0 aliphatic carbocycles. The first-order chi connectivity index (χ1) is 7.02. The summed E-state index contributed by atoms with van der Waals surface area (Å²) >= 11 is 0. The van der Waals surface area contributed by atoms with Crippen LogP contribution in [0.25, 0.3) is 0 Å². The summed E-state index contributed by atoms with van der Waals surface area (Å²) in [7, 11) is 0. The van der Waals surface area contributed by atoms with Gasteiger partial charge in [-0.25, -0.2) is 4.98 Å². The molecule has 0 bridgehead atoms. The Hall–Kier alpha value is -1.62. The highest BCUT2D eigenvalue weighted by Gasteiger charge is 2.18. The third kappa shape index (κ3) is 2.92. The van der Waals surface area contributed by atoms with Crippen LogP contribution in [0.3, 0.4) is 0 Å². The Balaban J connectivity index is 2.71. The third-order valence-corrected chi connectivity index (χ3v) is 2.23. The molecule has 1 aromatic rings. The SMILES string of the molecule is C[C@@H](N)[C@@H](C)C(=O)Nc1ncccc1O. The Bertz CT molecular complexity index is 352. The van der Waals surface area contributed by atoms with Gasteiger partial charge >= 0.3 is 0 Å². The van der Waals surface area contributed by atoms with Gasteiger partial charge in [0.05, 0.1) is 5.92 Å². The quantitative estimate of drug-likeness (QED) is 0.684. The summed E-state index contributed by atoms with van der Waals surface area (Å²) in [6, 6.07) is 2.80. The van der Waals surface area contributed by atoms with E-state index in [9.17, 15) is 9.90 Å². The molecule has 1 amide bonds. The molecule has 82 valence electrons. The van der Waals surface area contributed by atoms with Crippen LogP contribution in [-0.4, -0.2) is 22.0 Å². The number of carbonyl (C=O) groups excluding carboxylic acids is 1. The lowest BCUT2D eigenvalue weighted by molar-refractivity contribution is -0.119. The molecule has 15 heavy (non-hydrogen) atoms. The van der Waals surface area contributed by atoms with Crippen LogP contribution >= 0.6 is 0 Å². The minimum Gasteiger partial charge on any atom is -0.504 e. The van der Waals surface area contributed by atoms with E-state index in [1.807, 2.05) is 0 Å². The Labute approximate surface area is 88.3 Å². The lowest BCUT2D eigenvalue weighted by Crippen LogP contribution is -2.34. The van der Waals surface area contributed by atoms with E-state index in [2.05, 4.69) is 10.3 Å². The highest BCUT2D eigenvalue weighted by molar-refractivity contribution is 5.92. The van der Waals surface area contributed by atoms with Crippen LogP contribution in [-0.2, 0) is 4.79 Å². The highest BCUT2D eigenvalue weighted by atomic mass is 16.3. The van der Waals surface area contributed by atoms with Crippen LogP contribution in [0, 0.1) is 5.92 Å². The molecule has 5 heteroatoms. The first kappa shape index (κ1) is 11.5. The van der Waals surface area contributed by atoms with E-state index in [1.54, 1.807) is 19.9 Å². The van der Waals surface area contributed by atoms with Crippen molar-refractivity contribution < 1.29 is 9.90 Å². The van der Waals surface area contributed by atoms with E-state index in [0.717, 1.165) is 0 Å². The molecule has 0 saturated heterocycles. The van der Waals surface area contributed by atoms with Gasteiger partial charge < -0.3 is 16.2 Å². The number of hydrogen-bond donors (Lipinski definition) is 3. The molecule has 0 unspecified atom stereocenters. The Morgan fingerprint density at radius 1 is 1.60 bits per heavy atom. The third-order valence-electron chi connectivity index (χ3n) is 2.23. The zero-order valence-electron chi connectivity index (χ0n) is 8.77. The highest BCUT2D eigenvalue weighted by Crippen LogP contribution is 2.19. The molecule has 1 rings (SSSR count). The van der Waals surface area contributed by atoms with Gasteiger partial charge in [0.2, 0.25) is 5.91 Å². The van der Waals surface area contributed by atoms with Crippen molar-refractivity contribution in [2.75, 3.05) is 5.32 Å². The van der Waals surface area contributed by atoms with Crippen LogP contribution in [0.2, 0.25) is 0 Å². The van der Waals surface area contributed by atoms with Crippen molar-refractivity contribution in [1.82, 2.24) is 4.98 Å². The number of aromatic nitrogens is 1. The summed E-state index contributed by atoms with van der Waals surface area (Å²) in [5.74, 6) is -0.469. The fourth-order valence-corrected chi connectivity index (χ4v) is 0.962. The molecular formula is C10H15N3O2. The smallest absolute Gasteiger partial charge is 0.230 e. The minimum atomic E-state index is -0.327. The topological polar surface area (TPSA) is 88.2 Å². The van der Waals surface area contributed by atoms with E-state index in [-0.39, 0.29) is 29.4 Å².